The number of hydrogen-bond donors (Lipinski definition) is 2. The van der Waals surface area contributed by atoms with E-state index in [1.54, 1.807) is 18.2 Å². The van der Waals surface area contributed by atoms with E-state index in [9.17, 15) is 13.2 Å². The first-order valence-corrected chi connectivity index (χ1v) is 11.6. The summed E-state index contributed by atoms with van der Waals surface area (Å²) in [4.78, 5) is 12.9. The van der Waals surface area contributed by atoms with Crippen LogP contribution in [0.1, 0.15) is 37.0 Å². The Balaban J connectivity index is 1.82. The largest absolute Gasteiger partial charge is 0.321 e. The lowest BCUT2D eigenvalue weighted by molar-refractivity contribution is 0.102. The lowest BCUT2D eigenvalue weighted by Crippen LogP contribution is -2.32. The molecule has 1 heterocycles. The van der Waals surface area contributed by atoms with Crippen LogP contribution in [0.3, 0.4) is 0 Å². The Morgan fingerprint density at radius 2 is 1.77 bits per heavy atom. The van der Waals surface area contributed by atoms with Crippen LogP contribution < -0.4 is 5.32 Å². The Labute approximate surface area is 185 Å². The molecule has 164 valence electrons. The van der Waals surface area contributed by atoms with E-state index in [0.29, 0.717) is 34.9 Å². The number of hydrogen-bond acceptors (Lipinski definition) is 6. The van der Waals surface area contributed by atoms with Crippen LogP contribution in [0.15, 0.2) is 47.4 Å². The molecule has 0 spiro atoms. The number of nitrogens with zero attached hydrogens (tertiary/aromatic N) is 4. The summed E-state index contributed by atoms with van der Waals surface area (Å²) >= 11 is 6.06. The van der Waals surface area contributed by atoms with Crippen molar-refractivity contribution in [3.63, 3.8) is 0 Å². The van der Waals surface area contributed by atoms with Crippen LogP contribution in [0.5, 0.6) is 0 Å². The lowest BCUT2D eigenvalue weighted by Gasteiger charge is -2.21. The molecule has 3 rings (SSSR count). The Bertz CT molecular complexity index is 1130. The highest BCUT2D eigenvalue weighted by molar-refractivity contribution is 7.89. The summed E-state index contributed by atoms with van der Waals surface area (Å²) in [5, 5.41) is 17.0. The number of benzene rings is 2. The second-order valence-electron chi connectivity index (χ2n) is 6.81. The predicted molar refractivity (Wildman–Crippen MR) is 118 cm³/mol. The van der Waals surface area contributed by atoms with E-state index in [1.807, 2.05) is 13.8 Å². The van der Waals surface area contributed by atoms with E-state index < -0.39 is 15.9 Å². The fourth-order valence-electron chi connectivity index (χ4n) is 3.06. The quantitative estimate of drug-likeness (QED) is 0.501. The number of aromatic amines is 1. The number of halogens is 1. The average molecular weight is 463 g/mol. The molecule has 2 aromatic carbocycles. The number of carbonyl (C=O) groups excluding carboxylic acids is 1. The molecular weight excluding hydrogens is 440 g/mol. The zero-order chi connectivity index (χ0) is 22.4. The van der Waals surface area contributed by atoms with Crippen LogP contribution in [0.25, 0.3) is 11.4 Å². The minimum absolute atomic E-state index is 0.157. The highest BCUT2D eigenvalue weighted by Crippen LogP contribution is 2.28. The summed E-state index contributed by atoms with van der Waals surface area (Å²) in [7, 11) is -3.61. The first-order valence-electron chi connectivity index (χ1n) is 9.81. The first kappa shape index (κ1) is 22.9. The minimum atomic E-state index is -3.61. The number of carbonyl (C=O) groups is 1. The summed E-state index contributed by atoms with van der Waals surface area (Å²) < 4.78 is 27.2. The highest BCUT2D eigenvalue weighted by atomic mass is 35.5. The number of amides is 1. The smallest absolute Gasteiger partial charge is 0.255 e. The Hall–Kier alpha value is -2.82. The normalized spacial score (nSPS) is 11.6. The molecule has 0 atom stereocenters. The number of rotatable bonds is 9. The van der Waals surface area contributed by atoms with Crippen molar-refractivity contribution in [3.8, 4) is 11.4 Å². The molecule has 3 aromatic rings. The van der Waals surface area contributed by atoms with Crippen molar-refractivity contribution < 1.29 is 13.2 Å². The standard InChI is InChI=1S/C20H23ClN6O3S/c1-3-11-27(12-4-2)31(29,30)16-8-5-14(6-9-16)20(28)22-18-10-7-15(21)13-17(18)19-23-25-26-24-19/h5-10,13H,3-4,11-12H2,1-2H3,(H,22,28)(H,23,24,25,26). The molecule has 9 nitrogen and oxygen atoms in total. The van der Waals surface area contributed by atoms with Gasteiger partial charge in [-0.3, -0.25) is 4.79 Å². The van der Waals surface area contributed by atoms with E-state index in [2.05, 4.69) is 25.9 Å². The summed E-state index contributed by atoms with van der Waals surface area (Å²) in [5.41, 5.74) is 1.26. The maximum Gasteiger partial charge on any atom is 0.255 e. The van der Waals surface area contributed by atoms with Gasteiger partial charge in [-0.1, -0.05) is 25.4 Å². The molecule has 1 amide bonds. The van der Waals surface area contributed by atoms with Crippen LogP contribution in [-0.2, 0) is 10.0 Å². The van der Waals surface area contributed by atoms with E-state index >= 15 is 0 Å². The maximum absolute atomic E-state index is 12.9. The van der Waals surface area contributed by atoms with Crippen molar-refractivity contribution in [3.05, 3.63) is 53.1 Å². The third kappa shape index (κ3) is 5.27. The van der Waals surface area contributed by atoms with E-state index in [0.717, 1.165) is 12.8 Å². The molecular formula is C20H23ClN6O3S. The van der Waals surface area contributed by atoms with Crippen molar-refractivity contribution in [2.45, 2.75) is 31.6 Å². The number of nitrogens with one attached hydrogen (secondary N) is 2. The first-order chi connectivity index (χ1) is 14.9. The van der Waals surface area contributed by atoms with Crippen LogP contribution in [0.4, 0.5) is 5.69 Å². The van der Waals surface area contributed by atoms with Gasteiger partial charge in [0, 0.05) is 29.2 Å². The molecule has 11 heteroatoms. The van der Waals surface area contributed by atoms with Gasteiger partial charge in [0.2, 0.25) is 15.8 Å². The van der Waals surface area contributed by atoms with Crippen LogP contribution in [0.2, 0.25) is 5.02 Å². The third-order valence-electron chi connectivity index (χ3n) is 4.52. The fraction of sp³-hybridized carbons (Fsp3) is 0.300. The molecule has 2 N–H and O–H groups in total. The molecule has 1 aromatic heterocycles. The second-order valence-corrected chi connectivity index (χ2v) is 9.18. The van der Waals surface area contributed by atoms with Gasteiger partial charge in [0.25, 0.3) is 5.91 Å². The second kappa shape index (κ2) is 9.99. The molecule has 0 bridgehead atoms. The predicted octanol–water partition coefficient (Wildman–Crippen LogP) is 3.58. The number of aromatic nitrogens is 4. The third-order valence-corrected chi connectivity index (χ3v) is 6.66. The van der Waals surface area contributed by atoms with Crippen LogP contribution in [-0.4, -0.2) is 52.3 Å². The Morgan fingerprint density at radius 3 is 2.35 bits per heavy atom. The maximum atomic E-state index is 12.9. The van der Waals surface area contributed by atoms with Gasteiger partial charge < -0.3 is 5.32 Å². The SMILES string of the molecule is CCCN(CCC)S(=O)(=O)c1ccc(C(=O)Nc2ccc(Cl)cc2-c2nn[nH]n2)cc1. The van der Waals surface area contributed by atoms with Gasteiger partial charge in [-0.2, -0.15) is 9.52 Å². The van der Waals surface area contributed by atoms with E-state index in [-0.39, 0.29) is 10.7 Å². The van der Waals surface area contributed by atoms with Gasteiger partial charge in [0.1, 0.15) is 0 Å². The Morgan fingerprint density at radius 1 is 1.10 bits per heavy atom. The van der Waals surface area contributed by atoms with Crippen LogP contribution >= 0.6 is 11.6 Å². The lowest BCUT2D eigenvalue weighted by atomic mass is 10.1. The van der Waals surface area contributed by atoms with Gasteiger partial charge in [-0.05, 0) is 60.5 Å². The number of H-pyrrole nitrogens is 1. The molecule has 0 saturated heterocycles. The topological polar surface area (TPSA) is 121 Å². The summed E-state index contributed by atoms with van der Waals surface area (Å²) in [6.45, 7) is 4.78. The van der Waals surface area contributed by atoms with Gasteiger partial charge in [-0.25, -0.2) is 8.42 Å². The van der Waals surface area contributed by atoms with Gasteiger partial charge in [-0.15, -0.1) is 10.2 Å². The molecule has 0 aliphatic heterocycles. The number of anilines is 1. The summed E-state index contributed by atoms with van der Waals surface area (Å²) in [5.74, 6) is -0.124. The zero-order valence-corrected chi connectivity index (χ0v) is 18.7. The Kier molecular flexibility index (Phi) is 7.37. The minimum Gasteiger partial charge on any atom is -0.321 e. The van der Waals surface area contributed by atoms with Gasteiger partial charge in [0.05, 0.1) is 10.6 Å². The fourth-order valence-corrected chi connectivity index (χ4v) is 4.86. The molecule has 0 aliphatic carbocycles. The van der Waals surface area contributed by atoms with Gasteiger partial charge in [0.15, 0.2) is 0 Å². The van der Waals surface area contributed by atoms with Crippen molar-refractivity contribution >= 4 is 33.2 Å². The molecule has 0 saturated carbocycles. The monoisotopic (exact) mass is 462 g/mol. The van der Waals surface area contributed by atoms with Crippen LogP contribution in [0, 0.1) is 0 Å². The van der Waals surface area contributed by atoms with Crippen molar-refractivity contribution in [2.24, 2.45) is 0 Å². The number of sulfonamides is 1. The van der Waals surface area contributed by atoms with E-state index in [4.69, 9.17) is 11.6 Å². The summed E-state index contributed by atoms with van der Waals surface area (Å²) in [6.07, 6.45) is 1.45. The van der Waals surface area contributed by atoms with Crippen molar-refractivity contribution in [1.29, 1.82) is 0 Å². The van der Waals surface area contributed by atoms with E-state index in [1.165, 1.54) is 28.6 Å². The average Bonchev–Trinajstić information content (AvgIpc) is 3.29. The zero-order valence-electron chi connectivity index (χ0n) is 17.2. The molecule has 0 aliphatic rings. The summed E-state index contributed by atoms with van der Waals surface area (Å²) in [6, 6.07) is 10.8. The van der Waals surface area contributed by atoms with Crippen molar-refractivity contribution in [1.82, 2.24) is 24.9 Å². The number of tetrazole rings is 1. The molecule has 31 heavy (non-hydrogen) atoms. The highest BCUT2D eigenvalue weighted by Gasteiger charge is 2.23. The molecule has 0 unspecified atom stereocenters. The molecule has 0 radical (unpaired) electrons. The van der Waals surface area contributed by atoms with Gasteiger partial charge >= 0.3 is 0 Å². The molecule has 0 fully saturated rings. The van der Waals surface area contributed by atoms with Crippen molar-refractivity contribution in [2.75, 3.05) is 18.4 Å².